The minimum Gasteiger partial charge on any atom is -0.380 e. The summed E-state index contributed by atoms with van der Waals surface area (Å²) < 4.78 is 5.42. The van der Waals surface area contributed by atoms with E-state index in [0.29, 0.717) is 0 Å². The highest BCUT2D eigenvalue weighted by molar-refractivity contribution is 4.87. The van der Waals surface area contributed by atoms with Gasteiger partial charge in [-0.1, -0.05) is 5.57 Å². The molecule has 0 heterocycles. The van der Waals surface area contributed by atoms with Crippen LogP contribution in [0, 0.1) is 0 Å². The molecule has 0 bridgehead atoms. The molecular weight excluding hydrogens is 162 g/mol. The van der Waals surface area contributed by atoms with E-state index in [1.54, 1.807) is 0 Å². The van der Waals surface area contributed by atoms with Gasteiger partial charge in [0.25, 0.3) is 0 Å². The molecule has 78 valence electrons. The number of hydrogen-bond donors (Lipinski definition) is 1. The molecule has 0 atom stereocenters. The van der Waals surface area contributed by atoms with Gasteiger partial charge in [-0.2, -0.15) is 0 Å². The lowest BCUT2D eigenvalue weighted by molar-refractivity contribution is 0.134. The molecule has 2 nitrogen and oxygen atoms in total. The van der Waals surface area contributed by atoms with E-state index >= 15 is 0 Å². The lowest BCUT2D eigenvalue weighted by atomic mass is 10.1. The van der Waals surface area contributed by atoms with Crippen LogP contribution < -0.4 is 5.32 Å². The molecule has 0 amide bonds. The molecule has 0 aromatic rings. The Kier molecular flexibility index (Phi) is 6.00. The summed E-state index contributed by atoms with van der Waals surface area (Å²) in [5.74, 6) is 0. The van der Waals surface area contributed by atoms with Crippen LogP contribution in [-0.2, 0) is 4.74 Å². The summed E-state index contributed by atoms with van der Waals surface area (Å²) in [7, 11) is 0. The van der Waals surface area contributed by atoms with Crippen molar-refractivity contribution in [2.24, 2.45) is 0 Å². The Labute approximate surface area is 82.4 Å². The molecule has 13 heavy (non-hydrogen) atoms. The third-order valence-electron chi connectivity index (χ3n) is 1.57. The van der Waals surface area contributed by atoms with Crippen molar-refractivity contribution >= 4 is 0 Å². The minimum absolute atomic E-state index is 0.192. The van der Waals surface area contributed by atoms with Crippen molar-refractivity contribution < 1.29 is 4.74 Å². The molecular formula is C11H23NO. The summed E-state index contributed by atoms with van der Waals surface area (Å²) in [4.78, 5) is 0. The number of ether oxygens (including phenoxy) is 1. The predicted molar refractivity (Wildman–Crippen MR) is 58.0 cm³/mol. The maximum Gasteiger partial charge on any atom is 0.0591 e. The summed E-state index contributed by atoms with van der Waals surface area (Å²) in [6, 6.07) is 0. The Hall–Kier alpha value is -0.340. The Morgan fingerprint density at radius 2 is 1.92 bits per heavy atom. The van der Waals surface area contributed by atoms with Crippen LogP contribution in [0.3, 0.4) is 0 Å². The normalized spacial score (nSPS) is 11.7. The van der Waals surface area contributed by atoms with E-state index in [0.717, 1.165) is 26.2 Å². The molecule has 0 aromatic carbocycles. The second-order valence-electron chi connectivity index (χ2n) is 4.50. The van der Waals surface area contributed by atoms with Crippen molar-refractivity contribution in [3.8, 4) is 0 Å². The van der Waals surface area contributed by atoms with Gasteiger partial charge in [0.05, 0.1) is 13.2 Å². The molecule has 1 N–H and O–H groups in total. The van der Waals surface area contributed by atoms with E-state index in [2.05, 4.69) is 32.7 Å². The first-order valence-electron chi connectivity index (χ1n) is 4.89. The van der Waals surface area contributed by atoms with Gasteiger partial charge in [0.1, 0.15) is 0 Å². The third kappa shape index (κ3) is 11.7. The fourth-order valence-corrected chi connectivity index (χ4v) is 0.847. The monoisotopic (exact) mass is 185 g/mol. The van der Waals surface area contributed by atoms with E-state index < -0.39 is 0 Å². The Balaban J connectivity index is 3.13. The SMILES string of the molecule is C=C(C)CCOCCNC(C)(C)C. The Morgan fingerprint density at radius 1 is 1.31 bits per heavy atom. The molecule has 0 rings (SSSR count). The summed E-state index contributed by atoms with van der Waals surface area (Å²) >= 11 is 0. The van der Waals surface area contributed by atoms with Crippen LogP contribution in [0.2, 0.25) is 0 Å². The van der Waals surface area contributed by atoms with Crippen LogP contribution >= 0.6 is 0 Å². The Morgan fingerprint density at radius 3 is 2.38 bits per heavy atom. The minimum atomic E-state index is 0.192. The van der Waals surface area contributed by atoms with Crippen LogP contribution in [0.5, 0.6) is 0 Å². The van der Waals surface area contributed by atoms with E-state index in [9.17, 15) is 0 Å². The highest BCUT2D eigenvalue weighted by Crippen LogP contribution is 1.98. The van der Waals surface area contributed by atoms with Crippen molar-refractivity contribution in [3.63, 3.8) is 0 Å². The summed E-state index contributed by atoms with van der Waals surface area (Å²) in [6.45, 7) is 14.8. The smallest absolute Gasteiger partial charge is 0.0591 e. The maximum atomic E-state index is 5.42. The number of hydrogen-bond acceptors (Lipinski definition) is 2. The van der Waals surface area contributed by atoms with Gasteiger partial charge in [0.15, 0.2) is 0 Å². The standard InChI is InChI=1S/C11H23NO/c1-10(2)6-8-13-9-7-12-11(3,4)5/h12H,1,6-9H2,2-5H3. The van der Waals surface area contributed by atoms with Crippen LogP contribution in [0.4, 0.5) is 0 Å². The van der Waals surface area contributed by atoms with Crippen LogP contribution in [0.25, 0.3) is 0 Å². The highest BCUT2D eigenvalue weighted by atomic mass is 16.5. The van der Waals surface area contributed by atoms with Crippen molar-refractivity contribution in [1.29, 1.82) is 0 Å². The first-order valence-corrected chi connectivity index (χ1v) is 4.89. The maximum absolute atomic E-state index is 5.42. The van der Waals surface area contributed by atoms with Crippen LogP contribution in [0.1, 0.15) is 34.1 Å². The fourth-order valence-electron chi connectivity index (χ4n) is 0.847. The molecule has 0 aromatic heterocycles. The number of nitrogens with one attached hydrogen (secondary N) is 1. The third-order valence-corrected chi connectivity index (χ3v) is 1.57. The second kappa shape index (κ2) is 6.17. The van der Waals surface area contributed by atoms with Gasteiger partial charge in [-0.25, -0.2) is 0 Å². The predicted octanol–water partition coefficient (Wildman–Crippen LogP) is 2.36. The van der Waals surface area contributed by atoms with Gasteiger partial charge >= 0.3 is 0 Å². The Bertz CT molecular complexity index is 147. The second-order valence-corrected chi connectivity index (χ2v) is 4.50. The molecule has 0 spiro atoms. The quantitative estimate of drug-likeness (QED) is 0.506. The molecule has 0 aliphatic heterocycles. The molecule has 0 aliphatic carbocycles. The zero-order chi connectivity index (χ0) is 10.3. The molecule has 0 saturated heterocycles. The van der Waals surface area contributed by atoms with Gasteiger partial charge < -0.3 is 10.1 Å². The van der Waals surface area contributed by atoms with E-state index in [1.165, 1.54) is 5.57 Å². The first-order chi connectivity index (χ1) is 5.92. The zero-order valence-electron chi connectivity index (χ0n) is 9.44. The topological polar surface area (TPSA) is 21.3 Å². The van der Waals surface area contributed by atoms with Gasteiger partial charge in [-0.05, 0) is 34.1 Å². The number of rotatable bonds is 6. The largest absolute Gasteiger partial charge is 0.380 e. The molecule has 0 fully saturated rings. The lowest BCUT2D eigenvalue weighted by Gasteiger charge is -2.20. The van der Waals surface area contributed by atoms with E-state index in [1.807, 2.05) is 6.92 Å². The molecule has 0 saturated carbocycles. The van der Waals surface area contributed by atoms with E-state index in [-0.39, 0.29) is 5.54 Å². The van der Waals surface area contributed by atoms with Crippen molar-refractivity contribution in [1.82, 2.24) is 5.32 Å². The highest BCUT2D eigenvalue weighted by Gasteiger charge is 2.06. The van der Waals surface area contributed by atoms with Gasteiger partial charge in [-0.15, -0.1) is 6.58 Å². The molecule has 2 heteroatoms. The van der Waals surface area contributed by atoms with Crippen molar-refractivity contribution in [2.75, 3.05) is 19.8 Å². The first kappa shape index (κ1) is 12.7. The molecule has 0 aliphatic rings. The lowest BCUT2D eigenvalue weighted by Crippen LogP contribution is -2.38. The average Bonchev–Trinajstić information content (AvgIpc) is 1.93. The fraction of sp³-hybridized carbons (Fsp3) is 0.818. The summed E-state index contributed by atoms with van der Waals surface area (Å²) in [6.07, 6.45) is 0.968. The average molecular weight is 185 g/mol. The van der Waals surface area contributed by atoms with Gasteiger partial charge in [-0.3, -0.25) is 0 Å². The van der Waals surface area contributed by atoms with Crippen LogP contribution in [-0.4, -0.2) is 25.3 Å². The van der Waals surface area contributed by atoms with E-state index in [4.69, 9.17) is 4.74 Å². The van der Waals surface area contributed by atoms with Crippen molar-refractivity contribution in [3.05, 3.63) is 12.2 Å². The summed E-state index contributed by atoms with van der Waals surface area (Å²) in [5.41, 5.74) is 1.38. The molecule has 0 unspecified atom stereocenters. The zero-order valence-corrected chi connectivity index (χ0v) is 9.44. The van der Waals surface area contributed by atoms with Gasteiger partial charge in [0, 0.05) is 12.1 Å². The summed E-state index contributed by atoms with van der Waals surface area (Å²) in [5, 5.41) is 3.36. The van der Waals surface area contributed by atoms with Crippen molar-refractivity contribution in [2.45, 2.75) is 39.7 Å². The van der Waals surface area contributed by atoms with Crippen LogP contribution in [0.15, 0.2) is 12.2 Å². The molecule has 0 radical (unpaired) electrons. The van der Waals surface area contributed by atoms with Gasteiger partial charge in [0.2, 0.25) is 0 Å².